The number of carbonyl (C=O) groups is 1. The van der Waals surface area contributed by atoms with Crippen LogP contribution in [0.2, 0.25) is 0 Å². The van der Waals surface area contributed by atoms with Gasteiger partial charge in [0.15, 0.2) is 0 Å². The predicted molar refractivity (Wildman–Crippen MR) is 348 cm³/mol. The van der Waals surface area contributed by atoms with Crippen LogP contribution in [0.5, 0.6) is 0 Å². The Morgan fingerprint density at radius 3 is 1.11 bits per heavy atom. The summed E-state index contributed by atoms with van der Waals surface area (Å²) in [4.78, 5) is 25.7. The zero-order valence-electron chi connectivity index (χ0n) is 53.8. The molecule has 0 saturated heterocycles. The topological polar surface area (TPSA) is 108 Å². The van der Waals surface area contributed by atoms with Crippen LogP contribution < -0.4 is 10.2 Å². The SMILES string of the molecule is CC/C=C\C/C=C\C/C=C\C/C=C\C/C=C\CCCCCCCCCCCCCC(=O)NC(COP(=O)([O-])OCC[N+](C)(C)C)C(O)CCCCCCCCCCCCCCCCCCCCCCCCCCCCCCCCC. The van der Waals surface area contributed by atoms with Gasteiger partial charge in [-0.25, -0.2) is 0 Å². The van der Waals surface area contributed by atoms with Crippen LogP contribution in [0.3, 0.4) is 0 Å². The largest absolute Gasteiger partial charge is 0.756 e. The maximum absolute atomic E-state index is 13.1. The molecule has 0 aromatic heterocycles. The maximum atomic E-state index is 13.1. The molecule has 80 heavy (non-hydrogen) atoms. The van der Waals surface area contributed by atoms with Crippen LogP contribution >= 0.6 is 7.82 Å². The van der Waals surface area contributed by atoms with Crippen LogP contribution in [0.25, 0.3) is 0 Å². The molecule has 9 heteroatoms. The van der Waals surface area contributed by atoms with E-state index >= 15 is 0 Å². The Bertz CT molecular complexity index is 1490. The third-order valence-corrected chi connectivity index (χ3v) is 16.7. The third-order valence-electron chi connectivity index (χ3n) is 15.8. The fraction of sp³-hybridized carbons (Fsp3) is 0.845. The van der Waals surface area contributed by atoms with E-state index in [-0.39, 0.29) is 19.1 Å². The number of hydrogen-bond acceptors (Lipinski definition) is 6. The molecule has 2 N–H and O–H groups in total. The van der Waals surface area contributed by atoms with E-state index in [2.05, 4.69) is 79.9 Å². The lowest BCUT2D eigenvalue weighted by molar-refractivity contribution is -0.870. The van der Waals surface area contributed by atoms with Crippen molar-refractivity contribution in [2.24, 2.45) is 0 Å². The van der Waals surface area contributed by atoms with E-state index in [1.54, 1.807) is 0 Å². The van der Waals surface area contributed by atoms with Crippen LogP contribution in [0.15, 0.2) is 60.8 Å². The van der Waals surface area contributed by atoms with Crippen molar-refractivity contribution in [3.8, 4) is 0 Å². The summed E-state index contributed by atoms with van der Waals surface area (Å²) in [6, 6.07) is -0.807. The molecule has 0 aliphatic carbocycles. The molecule has 0 aliphatic rings. The van der Waals surface area contributed by atoms with Gasteiger partial charge in [0, 0.05) is 6.42 Å². The van der Waals surface area contributed by atoms with Crippen molar-refractivity contribution in [3.63, 3.8) is 0 Å². The minimum Gasteiger partial charge on any atom is -0.756 e. The maximum Gasteiger partial charge on any atom is 0.268 e. The van der Waals surface area contributed by atoms with Crippen molar-refractivity contribution in [2.45, 2.75) is 347 Å². The molecule has 0 heterocycles. The molecule has 1 amide bonds. The van der Waals surface area contributed by atoms with E-state index in [9.17, 15) is 19.4 Å². The second-order valence-corrected chi connectivity index (χ2v) is 26.3. The van der Waals surface area contributed by atoms with Crippen molar-refractivity contribution >= 4 is 13.7 Å². The summed E-state index contributed by atoms with van der Waals surface area (Å²) < 4.78 is 23.5. The van der Waals surface area contributed by atoms with Gasteiger partial charge in [-0.3, -0.25) is 9.36 Å². The lowest BCUT2D eigenvalue weighted by Crippen LogP contribution is -2.46. The van der Waals surface area contributed by atoms with E-state index < -0.39 is 20.0 Å². The number of amides is 1. The molecule has 0 spiro atoms. The molecule has 3 unspecified atom stereocenters. The monoisotopic (exact) mass is 1140 g/mol. The molecule has 0 radical (unpaired) electrons. The number of phosphoric acid groups is 1. The van der Waals surface area contributed by atoms with Crippen LogP contribution in [-0.4, -0.2) is 68.5 Å². The van der Waals surface area contributed by atoms with Crippen LogP contribution in [0, 0.1) is 0 Å². The molecule has 0 aromatic rings. The van der Waals surface area contributed by atoms with Gasteiger partial charge >= 0.3 is 0 Å². The highest BCUT2D eigenvalue weighted by Gasteiger charge is 2.24. The first-order valence-corrected chi connectivity index (χ1v) is 36.1. The van der Waals surface area contributed by atoms with E-state index in [0.717, 1.165) is 70.6 Å². The minimum absolute atomic E-state index is 0.0104. The van der Waals surface area contributed by atoms with Gasteiger partial charge in [-0.05, 0) is 57.8 Å². The Labute approximate surface area is 498 Å². The second kappa shape index (κ2) is 61.8. The van der Waals surface area contributed by atoms with Gasteiger partial charge in [0.05, 0.1) is 39.9 Å². The number of allylic oxidation sites excluding steroid dienone is 10. The van der Waals surface area contributed by atoms with Gasteiger partial charge < -0.3 is 28.8 Å². The number of quaternary nitrogens is 1. The third kappa shape index (κ3) is 63.8. The zero-order chi connectivity index (χ0) is 58.4. The summed E-state index contributed by atoms with van der Waals surface area (Å²) in [6.07, 6.45) is 84.4. The zero-order valence-corrected chi connectivity index (χ0v) is 54.7. The first kappa shape index (κ1) is 78.2. The van der Waals surface area contributed by atoms with Gasteiger partial charge in [-0.15, -0.1) is 0 Å². The van der Waals surface area contributed by atoms with Crippen molar-refractivity contribution in [1.82, 2.24) is 5.32 Å². The molecule has 3 atom stereocenters. The summed E-state index contributed by atoms with van der Waals surface area (Å²) in [5.74, 6) is -0.165. The van der Waals surface area contributed by atoms with E-state index in [1.807, 2.05) is 21.1 Å². The molecule has 8 nitrogen and oxygen atoms in total. The number of nitrogens with one attached hydrogen (secondary N) is 1. The molecule has 0 fully saturated rings. The number of carbonyl (C=O) groups excluding carboxylic acids is 1. The first-order valence-electron chi connectivity index (χ1n) is 34.6. The van der Waals surface area contributed by atoms with E-state index in [4.69, 9.17) is 9.05 Å². The number of rotatable bonds is 64. The quantitative estimate of drug-likeness (QED) is 0.0272. The van der Waals surface area contributed by atoms with Crippen molar-refractivity contribution in [2.75, 3.05) is 40.9 Å². The summed E-state index contributed by atoms with van der Waals surface area (Å²) in [5, 5.41) is 14.1. The Morgan fingerprint density at radius 1 is 0.450 bits per heavy atom. The molecular weight excluding hydrogens is 1010 g/mol. The van der Waals surface area contributed by atoms with Crippen molar-refractivity contribution in [1.29, 1.82) is 0 Å². The molecule has 0 saturated carbocycles. The lowest BCUT2D eigenvalue weighted by atomic mass is 10.0. The number of unbranched alkanes of at least 4 members (excludes halogenated alkanes) is 41. The second-order valence-electron chi connectivity index (χ2n) is 24.9. The highest BCUT2D eigenvalue weighted by atomic mass is 31.2. The molecule has 470 valence electrons. The van der Waals surface area contributed by atoms with E-state index in [0.29, 0.717) is 23.9 Å². The molecular formula is C71H135N2O6P. The minimum atomic E-state index is -4.58. The van der Waals surface area contributed by atoms with Crippen molar-refractivity contribution < 1.29 is 32.9 Å². The Balaban J connectivity index is 4.04. The number of aliphatic hydroxyl groups excluding tert-OH is 1. The Hall–Kier alpha value is -1.80. The average molecular weight is 1140 g/mol. The summed E-state index contributed by atoms with van der Waals surface area (Å²) in [6.45, 7) is 4.65. The fourth-order valence-corrected chi connectivity index (χ4v) is 11.1. The normalized spacial score (nSPS) is 14.0. The van der Waals surface area contributed by atoms with Gasteiger partial charge in [-0.2, -0.15) is 0 Å². The smallest absolute Gasteiger partial charge is 0.268 e. The lowest BCUT2D eigenvalue weighted by Gasteiger charge is -2.30. The standard InChI is InChI=1S/C71H135N2O6P/c1-6-8-10-12-14-16-18-20-22-24-26-28-30-32-34-35-36-37-39-40-42-44-46-48-50-52-54-56-58-60-62-64-70(74)69(68-79-80(76,77)78-67-66-73(3,4)5)72-71(75)65-63-61-59-57-55-53-51-49-47-45-43-41-38-33-31-29-27-25-23-21-19-17-15-13-11-9-7-2/h9,11,15,17,21,23,27,29,33,38,69-70,74H,6-8,10,12-14,16,18-20,22,24-26,28,30-32,34-37,39-68H2,1-5H3,(H-,72,75,76,77)/b11-9-,17-15-,23-21-,29-27-,38-33-. The number of likely N-dealkylation sites (N-methyl/N-ethyl adjacent to an activating group) is 1. The summed E-state index contributed by atoms with van der Waals surface area (Å²) >= 11 is 0. The van der Waals surface area contributed by atoms with Gasteiger partial charge in [-0.1, -0.05) is 331 Å². The fourth-order valence-electron chi connectivity index (χ4n) is 10.4. The van der Waals surface area contributed by atoms with E-state index in [1.165, 1.54) is 238 Å². The van der Waals surface area contributed by atoms with Crippen LogP contribution in [-0.2, 0) is 18.4 Å². The molecule has 0 rings (SSSR count). The first-order chi connectivity index (χ1) is 39.0. The van der Waals surface area contributed by atoms with Gasteiger partial charge in [0.2, 0.25) is 5.91 Å². The highest BCUT2D eigenvalue weighted by molar-refractivity contribution is 7.45. The number of aliphatic hydroxyl groups is 1. The van der Waals surface area contributed by atoms with Crippen LogP contribution in [0.1, 0.15) is 335 Å². The molecule has 0 bridgehead atoms. The molecule has 0 aromatic carbocycles. The van der Waals surface area contributed by atoms with Crippen LogP contribution in [0.4, 0.5) is 0 Å². The summed E-state index contributed by atoms with van der Waals surface area (Å²) in [7, 11) is 1.31. The van der Waals surface area contributed by atoms with Gasteiger partial charge in [0.25, 0.3) is 7.82 Å². The average Bonchev–Trinajstić information content (AvgIpc) is 3.42. The number of hydrogen-bond donors (Lipinski definition) is 2. The van der Waals surface area contributed by atoms with Gasteiger partial charge in [0.1, 0.15) is 13.2 Å². The Morgan fingerprint density at radius 2 is 0.762 bits per heavy atom. The predicted octanol–water partition coefficient (Wildman–Crippen LogP) is 21.4. The molecule has 0 aliphatic heterocycles. The highest BCUT2D eigenvalue weighted by Crippen LogP contribution is 2.38. The van der Waals surface area contributed by atoms with Crippen molar-refractivity contribution in [3.05, 3.63) is 60.8 Å². The number of phosphoric ester groups is 1. The Kier molecular flexibility index (Phi) is 60.4. The summed E-state index contributed by atoms with van der Waals surface area (Å²) in [5.41, 5.74) is 0. The number of nitrogens with zero attached hydrogens (tertiary/aromatic N) is 1.